The predicted octanol–water partition coefficient (Wildman–Crippen LogP) is 3.23. The number of nitrogens with one attached hydrogen (secondary N) is 2. The van der Waals surface area contributed by atoms with Crippen molar-refractivity contribution in [3.63, 3.8) is 0 Å². The molecule has 5 nitrogen and oxygen atoms in total. The summed E-state index contributed by atoms with van der Waals surface area (Å²) in [5.41, 5.74) is 2.50. The molecule has 23 heavy (non-hydrogen) atoms. The highest BCUT2D eigenvalue weighted by Gasteiger charge is 2.09. The molecule has 1 unspecified atom stereocenters. The number of benzene rings is 1. The Bertz CT molecular complexity index is 641. The zero-order valence-electron chi connectivity index (χ0n) is 13.8. The van der Waals surface area contributed by atoms with Crippen LogP contribution in [0.15, 0.2) is 42.7 Å². The molecule has 1 aromatic heterocycles. The second-order valence-electron chi connectivity index (χ2n) is 5.45. The molecule has 0 radical (unpaired) electrons. The van der Waals surface area contributed by atoms with Crippen LogP contribution in [0.25, 0.3) is 0 Å². The number of aromatic nitrogens is 1. The molecular weight excluding hydrogens is 290 g/mol. The van der Waals surface area contributed by atoms with Crippen molar-refractivity contribution in [3.8, 4) is 5.75 Å². The number of ether oxygens (including phenoxy) is 1. The summed E-state index contributed by atoms with van der Waals surface area (Å²) in [7, 11) is 1.65. The molecule has 0 spiro atoms. The molecule has 0 saturated heterocycles. The van der Waals surface area contributed by atoms with Crippen molar-refractivity contribution in [2.75, 3.05) is 12.4 Å². The Balaban J connectivity index is 1.97. The molecule has 2 N–H and O–H groups in total. The number of hydrogen-bond donors (Lipinski definition) is 2. The molecule has 0 fully saturated rings. The number of rotatable bonds is 7. The summed E-state index contributed by atoms with van der Waals surface area (Å²) in [5.74, 6) is 0.735. The first kappa shape index (κ1) is 16.8. The Hall–Kier alpha value is -2.56. The number of carbonyl (C=O) groups is 1. The maximum atomic E-state index is 12.1. The van der Waals surface area contributed by atoms with Crippen molar-refractivity contribution >= 4 is 11.6 Å². The molecule has 122 valence electrons. The zero-order chi connectivity index (χ0) is 16.7. The third-order valence-corrected chi connectivity index (χ3v) is 3.65. The van der Waals surface area contributed by atoms with E-state index >= 15 is 0 Å². The van der Waals surface area contributed by atoms with Gasteiger partial charge >= 0.3 is 0 Å². The van der Waals surface area contributed by atoms with E-state index in [2.05, 4.69) is 15.6 Å². The quantitative estimate of drug-likeness (QED) is 0.824. The summed E-state index contributed by atoms with van der Waals surface area (Å²) in [6.07, 6.45) is 4.19. The lowest BCUT2D eigenvalue weighted by molar-refractivity contribution is 0.0939. The van der Waals surface area contributed by atoms with Gasteiger partial charge in [0.25, 0.3) is 5.91 Å². The Morgan fingerprint density at radius 2 is 2.00 bits per heavy atom. The van der Waals surface area contributed by atoms with Crippen LogP contribution in [-0.4, -0.2) is 24.0 Å². The highest BCUT2D eigenvalue weighted by Crippen LogP contribution is 2.14. The summed E-state index contributed by atoms with van der Waals surface area (Å²) in [6.45, 7) is 4.68. The van der Waals surface area contributed by atoms with E-state index in [4.69, 9.17) is 4.74 Å². The van der Waals surface area contributed by atoms with Crippen LogP contribution in [0.2, 0.25) is 0 Å². The van der Waals surface area contributed by atoms with E-state index in [-0.39, 0.29) is 11.9 Å². The number of hydrogen-bond acceptors (Lipinski definition) is 4. The highest BCUT2D eigenvalue weighted by molar-refractivity contribution is 5.94. The van der Waals surface area contributed by atoms with E-state index in [0.29, 0.717) is 12.1 Å². The summed E-state index contributed by atoms with van der Waals surface area (Å²) in [4.78, 5) is 16.3. The Morgan fingerprint density at radius 1 is 1.26 bits per heavy atom. The zero-order valence-corrected chi connectivity index (χ0v) is 13.8. The molecule has 1 amide bonds. The fraction of sp³-hybridized carbons (Fsp3) is 0.333. The second-order valence-corrected chi connectivity index (χ2v) is 5.45. The molecule has 2 aromatic rings. The first-order valence-electron chi connectivity index (χ1n) is 7.75. The fourth-order valence-electron chi connectivity index (χ4n) is 2.02. The van der Waals surface area contributed by atoms with Crippen molar-refractivity contribution in [3.05, 3.63) is 53.9 Å². The van der Waals surface area contributed by atoms with Gasteiger partial charge in [-0.05, 0) is 37.1 Å². The van der Waals surface area contributed by atoms with E-state index in [1.165, 1.54) is 0 Å². The minimum Gasteiger partial charge on any atom is -0.497 e. The average molecular weight is 313 g/mol. The number of pyridine rings is 1. The van der Waals surface area contributed by atoms with Gasteiger partial charge in [0.05, 0.1) is 18.4 Å². The predicted molar refractivity (Wildman–Crippen MR) is 91.8 cm³/mol. The Labute approximate surface area is 137 Å². The van der Waals surface area contributed by atoms with Crippen LogP contribution < -0.4 is 15.4 Å². The molecule has 0 aliphatic heterocycles. The number of amides is 1. The van der Waals surface area contributed by atoms with Crippen LogP contribution in [0, 0.1) is 0 Å². The lowest BCUT2D eigenvalue weighted by Crippen LogP contribution is -2.32. The van der Waals surface area contributed by atoms with E-state index in [1.54, 1.807) is 19.5 Å². The SMILES string of the molecule is CCC(C)NC(=O)c1cncc(NCc2ccc(OC)cc2)c1. The van der Waals surface area contributed by atoms with Gasteiger partial charge in [-0.2, -0.15) is 0 Å². The molecule has 0 saturated carbocycles. The minimum atomic E-state index is -0.0973. The summed E-state index contributed by atoms with van der Waals surface area (Å²) in [6, 6.07) is 9.81. The van der Waals surface area contributed by atoms with Crippen molar-refractivity contribution in [2.45, 2.75) is 32.9 Å². The Morgan fingerprint density at radius 3 is 2.65 bits per heavy atom. The molecule has 0 aliphatic rings. The van der Waals surface area contributed by atoms with Crippen molar-refractivity contribution < 1.29 is 9.53 Å². The lowest BCUT2D eigenvalue weighted by atomic mass is 10.2. The van der Waals surface area contributed by atoms with Crippen LogP contribution in [-0.2, 0) is 6.54 Å². The maximum Gasteiger partial charge on any atom is 0.253 e. The second kappa shape index (κ2) is 8.17. The van der Waals surface area contributed by atoms with E-state index < -0.39 is 0 Å². The monoisotopic (exact) mass is 313 g/mol. The van der Waals surface area contributed by atoms with Crippen molar-refractivity contribution in [1.29, 1.82) is 0 Å². The van der Waals surface area contributed by atoms with Gasteiger partial charge in [0.15, 0.2) is 0 Å². The maximum absolute atomic E-state index is 12.1. The molecule has 0 aliphatic carbocycles. The lowest BCUT2D eigenvalue weighted by Gasteiger charge is -2.12. The number of nitrogens with zero attached hydrogens (tertiary/aromatic N) is 1. The number of methoxy groups -OCH3 is 1. The highest BCUT2D eigenvalue weighted by atomic mass is 16.5. The van der Waals surface area contributed by atoms with Crippen molar-refractivity contribution in [2.24, 2.45) is 0 Å². The first-order chi connectivity index (χ1) is 11.1. The van der Waals surface area contributed by atoms with Gasteiger partial charge in [-0.1, -0.05) is 19.1 Å². The van der Waals surface area contributed by atoms with Gasteiger partial charge in [0.1, 0.15) is 5.75 Å². The Kier molecular flexibility index (Phi) is 5.97. The van der Waals surface area contributed by atoms with E-state index in [0.717, 1.165) is 23.4 Å². The third-order valence-electron chi connectivity index (χ3n) is 3.65. The molecule has 5 heteroatoms. The van der Waals surface area contributed by atoms with Gasteiger partial charge in [-0.25, -0.2) is 0 Å². The van der Waals surface area contributed by atoms with Crippen LogP contribution in [0.1, 0.15) is 36.2 Å². The topological polar surface area (TPSA) is 63.2 Å². The summed E-state index contributed by atoms with van der Waals surface area (Å²) >= 11 is 0. The van der Waals surface area contributed by atoms with Crippen molar-refractivity contribution in [1.82, 2.24) is 10.3 Å². The largest absolute Gasteiger partial charge is 0.497 e. The van der Waals surface area contributed by atoms with E-state index in [1.807, 2.05) is 44.2 Å². The summed E-state index contributed by atoms with van der Waals surface area (Å²) in [5, 5.41) is 6.22. The average Bonchev–Trinajstić information content (AvgIpc) is 2.60. The summed E-state index contributed by atoms with van der Waals surface area (Å²) < 4.78 is 5.14. The van der Waals surface area contributed by atoms with Gasteiger partial charge in [0.2, 0.25) is 0 Å². The minimum absolute atomic E-state index is 0.0973. The molecular formula is C18H23N3O2. The van der Waals surface area contributed by atoms with Gasteiger partial charge in [-0.3, -0.25) is 9.78 Å². The molecule has 1 heterocycles. The smallest absolute Gasteiger partial charge is 0.253 e. The van der Waals surface area contributed by atoms with Gasteiger partial charge < -0.3 is 15.4 Å². The standard InChI is InChI=1S/C18H23N3O2/c1-4-13(2)21-18(22)15-9-16(12-19-11-15)20-10-14-5-7-17(23-3)8-6-14/h5-9,11-13,20H,4,10H2,1-3H3,(H,21,22). The third kappa shape index (κ3) is 4.98. The molecule has 0 bridgehead atoms. The molecule has 2 rings (SSSR count). The normalized spacial score (nSPS) is 11.6. The van der Waals surface area contributed by atoms with Crippen LogP contribution in [0.5, 0.6) is 5.75 Å². The van der Waals surface area contributed by atoms with Crippen LogP contribution >= 0.6 is 0 Å². The van der Waals surface area contributed by atoms with E-state index in [9.17, 15) is 4.79 Å². The molecule has 1 aromatic carbocycles. The van der Waals surface area contributed by atoms with Crippen LogP contribution in [0.4, 0.5) is 5.69 Å². The first-order valence-corrected chi connectivity index (χ1v) is 7.75. The number of carbonyl (C=O) groups excluding carboxylic acids is 1. The fourth-order valence-corrected chi connectivity index (χ4v) is 2.02. The van der Waals surface area contributed by atoms with Gasteiger partial charge in [0, 0.05) is 25.0 Å². The van der Waals surface area contributed by atoms with Crippen LogP contribution in [0.3, 0.4) is 0 Å². The van der Waals surface area contributed by atoms with Gasteiger partial charge in [-0.15, -0.1) is 0 Å². The number of anilines is 1. The molecule has 1 atom stereocenters.